The molecule has 1 heterocycles. The minimum Gasteiger partial charge on any atom is -0.496 e. The van der Waals surface area contributed by atoms with Crippen LogP contribution in [-0.2, 0) is 0 Å². The third kappa shape index (κ3) is 2.71. The molecule has 1 amide bonds. The first-order valence-corrected chi connectivity index (χ1v) is 6.18. The van der Waals surface area contributed by atoms with Gasteiger partial charge in [-0.1, -0.05) is 12.1 Å². The molecule has 2 aromatic rings. The number of benzene rings is 1. The number of carbonyl (C=O) groups excluding carboxylic acids is 1. The normalized spacial score (nSPS) is 10.2. The van der Waals surface area contributed by atoms with E-state index in [4.69, 9.17) is 4.74 Å². The minimum atomic E-state index is -0.364. The summed E-state index contributed by atoms with van der Waals surface area (Å²) in [7, 11) is 1.59. The lowest BCUT2D eigenvalue weighted by Crippen LogP contribution is -2.18. The second kappa shape index (κ2) is 5.61. The number of hydrogen-bond donors (Lipinski definition) is 2. The van der Waals surface area contributed by atoms with Crippen LogP contribution in [-0.4, -0.2) is 18.0 Å². The Kier molecular flexibility index (Phi) is 3.89. The summed E-state index contributed by atoms with van der Waals surface area (Å²) in [5, 5.41) is 2.77. The van der Waals surface area contributed by atoms with Crippen LogP contribution >= 0.6 is 0 Å². The van der Waals surface area contributed by atoms with Gasteiger partial charge in [0, 0.05) is 17.3 Å². The van der Waals surface area contributed by atoms with Crippen molar-refractivity contribution in [3.05, 3.63) is 57.5 Å². The van der Waals surface area contributed by atoms with Gasteiger partial charge in [0.1, 0.15) is 11.4 Å². The molecule has 0 saturated carbocycles. The van der Waals surface area contributed by atoms with E-state index < -0.39 is 0 Å². The van der Waals surface area contributed by atoms with Gasteiger partial charge in [0.05, 0.1) is 7.11 Å². The van der Waals surface area contributed by atoms with Crippen molar-refractivity contribution in [2.75, 3.05) is 12.4 Å². The van der Waals surface area contributed by atoms with Crippen LogP contribution in [0, 0.1) is 13.8 Å². The van der Waals surface area contributed by atoms with Gasteiger partial charge < -0.3 is 15.0 Å². The monoisotopic (exact) mass is 272 g/mol. The molecule has 5 nitrogen and oxygen atoms in total. The first-order valence-electron chi connectivity index (χ1n) is 6.18. The molecule has 5 heteroatoms. The Balaban J connectivity index is 2.31. The lowest BCUT2D eigenvalue weighted by Gasteiger charge is -2.13. The number of amides is 1. The molecule has 0 spiro atoms. The van der Waals surface area contributed by atoms with Gasteiger partial charge >= 0.3 is 0 Å². The maximum absolute atomic E-state index is 12.1. The van der Waals surface area contributed by atoms with Crippen LogP contribution in [0.25, 0.3) is 0 Å². The number of nitrogens with one attached hydrogen (secondary N) is 2. The fraction of sp³-hybridized carbons (Fsp3) is 0.200. The Labute approximate surface area is 116 Å². The summed E-state index contributed by atoms with van der Waals surface area (Å²) < 4.78 is 5.31. The number of anilines is 1. The van der Waals surface area contributed by atoms with E-state index in [1.54, 1.807) is 13.2 Å². The number of hydrogen-bond acceptors (Lipinski definition) is 3. The molecule has 104 valence electrons. The maximum Gasteiger partial charge on any atom is 0.272 e. The summed E-state index contributed by atoms with van der Waals surface area (Å²) in [4.78, 5) is 25.8. The number of carbonyl (C=O) groups is 1. The van der Waals surface area contributed by atoms with Crippen LogP contribution in [0.2, 0.25) is 0 Å². The second-order valence-corrected chi connectivity index (χ2v) is 4.47. The Hall–Kier alpha value is -2.56. The van der Waals surface area contributed by atoms with E-state index in [1.165, 1.54) is 12.1 Å². The van der Waals surface area contributed by atoms with Gasteiger partial charge in [-0.2, -0.15) is 0 Å². The van der Waals surface area contributed by atoms with Gasteiger partial charge in [0.2, 0.25) is 5.56 Å². The lowest BCUT2D eigenvalue weighted by molar-refractivity contribution is 0.102. The molecule has 2 N–H and O–H groups in total. The largest absolute Gasteiger partial charge is 0.496 e. The smallest absolute Gasteiger partial charge is 0.272 e. The summed E-state index contributed by atoms with van der Waals surface area (Å²) in [5.41, 5.74) is 2.41. The molecule has 0 bridgehead atoms. The summed E-state index contributed by atoms with van der Waals surface area (Å²) in [6, 6.07) is 8.13. The first kappa shape index (κ1) is 13.9. The molecule has 0 fully saturated rings. The van der Waals surface area contributed by atoms with Crippen molar-refractivity contribution in [1.29, 1.82) is 0 Å². The van der Waals surface area contributed by atoms with Gasteiger partial charge in [-0.05, 0) is 31.5 Å². The highest BCUT2D eigenvalue weighted by Crippen LogP contribution is 2.29. The summed E-state index contributed by atoms with van der Waals surface area (Å²) in [5.74, 6) is 0.376. The zero-order valence-corrected chi connectivity index (χ0v) is 11.6. The SMILES string of the molecule is COc1c(C)ccc(NC(=O)c2cccc(=O)[nH]2)c1C. The van der Waals surface area contributed by atoms with Gasteiger partial charge in [-0.15, -0.1) is 0 Å². The Morgan fingerprint density at radius 2 is 1.95 bits per heavy atom. The molecule has 0 aliphatic carbocycles. The van der Waals surface area contributed by atoms with Gasteiger partial charge in [-0.25, -0.2) is 0 Å². The van der Waals surface area contributed by atoms with E-state index in [9.17, 15) is 9.59 Å². The van der Waals surface area contributed by atoms with Crippen molar-refractivity contribution in [2.45, 2.75) is 13.8 Å². The van der Waals surface area contributed by atoms with E-state index in [0.29, 0.717) is 5.69 Å². The maximum atomic E-state index is 12.1. The highest BCUT2D eigenvalue weighted by Gasteiger charge is 2.12. The fourth-order valence-electron chi connectivity index (χ4n) is 2.05. The topological polar surface area (TPSA) is 71.2 Å². The van der Waals surface area contributed by atoms with Crippen molar-refractivity contribution >= 4 is 11.6 Å². The van der Waals surface area contributed by atoms with Gasteiger partial charge in [0.15, 0.2) is 0 Å². The minimum absolute atomic E-state index is 0.219. The lowest BCUT2D eigenvalue weighted by atomic mass is 10.1. The molecule has 0 unspecified atom stereocenters. The summed E-state index contributed by atoms with van der Waals surface area (Å²) in [6.45, 7) is 3.81. The molecule has 0 radical (unpaired) electrons. The quantitative estimate of drug-likeness (QED) is 0.900. The van der Waals surface area contributed by atoms with E-state index >= 15 is 0 Å². The molecule has 2 rings (SSSR count). The average molecular weight is 272 g/mol. The number of methoxy groups -OCH3 is 1. The summed E-state index contributed by atoms with van der Waals surface area (Å²) >= 11 is 0. The highest BCUT2D eigenvalue weighted by molar-refractivity contribution is 6.03. The highest BCUT2D eigenvalue weighted by atomic mass is 16.5. The zero-order valence-electron chi connectivity index (χ0n) is 11.6. The predicted octanol–water partition coefficient (Wildman–Crippen LogP) is 2.25. The predicted molar refractivity (Wildman–Crippen MR) is 77.5 cm³/mol. The van der Waals surface area contributed by atoms with Crippen LogP contribution < -0.4 is 15.6 Å². The van der Waals surface area contributed by atoms with Crippen LogP contribution in [0.3, 0.4) is 0 Å². The number of aromatic amines is 1. The van der Waals surface area contributed by atoms with Crippen molar-refractivity contribution in [3.63, 3.8) is 0 Å². The molecular weight excluding hydrogens is 256 g/mol. The molecule has 20 heavy (non-hydrogen) atoms. The van der Waals surface area contributed by atoms with Crippen molar-refractivity contribution in [2.24, 2.45) is 0 Å². The number of ether oxygens (including phenoxy) is 1. The van der Waals surface area contributed by atoms with Crippen molar-refractivity contribution in [1.82, 2.24) is 4.98 Å². The van der Waals surface area contributed by atoms with E-state index in [2.05, 4.69) is 10.3 Å². The second-order valence-electron chi connectivity index (χ2n) is 4.47. The number of H-pyrrole nitrogens is 1. The van der Waals surface area contributed by atoms with Crippen molar-refractivity contribution in [3.8, 4) is 5.75 Å². The van der Waals surface area contributed by atoms with Gasteiger partial charge in [0.25, 0.3) is 5.91 Å². The average Bonchev–Trinajstić information content (AvgIpc) is 2.42. The number of aromatic nitrogens is 1. The molecule has 1 aromatic carbocycles. The van der Waals surface area contributed by atoms with Crippen LogP contribution in [0.15, 0.2) is 35.1 Å². The third-order valence-electron chi connectivity index (χ3n) is 3.07. The van der Waals surface area contributed by atoms with E-state index in [1.807, 2.05) is 26.0 Å². The Morgan fingerprint density at radius 1 is 1.20 bits per heavy atom. The Morgan fingerprint density at radius 3 is 2.60 bits per heavy atom. The molecule has 1 aromatic heterocycles. The summed E-state index contributed by atoms with van der Waals surface area (Å²) in [6.07, 6.45) is 0. The third-order valence-corrected chi connectivity index (χ3v) is 3.07. The standard InChI is InChI=1S/C15H16N2O3/c1-9-7-8-11(10(2)14(9)20-3)17-15(19)12-5-4-6-13(18)16-12/h4-8H,1-3H3,(H,16,18)(H,17,19). The van der Waals surface area contributed by atoms with Crippen molar-refractivity contribution < 1.29 is 9.53 Å². The van der Waals surface area contributed by atoms with E-state index in [-0.39, 0.29) is 17.2 Å². The molecular formula is C15H16N2O3. The van der Waals surface area contributed by atoms with Crippen LogP contribution in [0.5, 0.6) is 5.75 Å². The molecule has 0 aliphatic heterocycles. The number of aryl methyl sites for hydroxylation is 1. The fourth-order valence-corrected chi connectivity index (χ4v) is 2.05. The van der Waals surface area contributed by atoms with Crippen LogP contribution in [0.1, 0.15) is 21.6 Å². The number of rotatable bonds is 3. The van der Waals surface area contributed by atoms with Crippen LogP contribution in [0.4, 0.5) is 5.69 Å². The number of pyridine rings is 1. The molecule has 0 saturated heterocycles. The Bertz CT molecular complexity index is 705. The molecule has 0 aliphatic rings. The zero-order chi connectivity index (χ0) is 14.7. The molecule has 0 atom stereocenters. The van der Waals surface area contributed by atoms with Gasteiger partial charge in [-0.3, -0.25) is 9.59 Å². The first-order chi connectivity index (χ1) is 9.52. The van der Waals surface area contributed by atoms with E-state index in [0.717, 1.165) is 16.9 Å².